The molecule has 0 radical (unpaired) electrons. The van der Waals surface area contributed by atoms with Crippen LogP contribution in [-0.2, 0) is 0 Å². The van der Waals surface area contributed by atoms with Crippen LogP contribution in [0.4, 0.5) is 11.6 Å². The molecule has 0 unspecified atom stereocenters. The molecule has 2 aromatic heterocycles. The number of hydrogen-bond acceptors (Lipinski definition) is 4. The van der Waals surface area contributed by atoms with Crippen molar-refractivity contribution in [2.75, 3.05) is 25.5 Å². The van der Waals surface area contributed by atoms with Crippen LogP contribution in [0.2, 0.25) is 0 Å². The molecule has 1 N–H and O–H groups in total. The lowest BCUT2D eigenvalue weighted by Crippen LogP contribution is -2.29. The van der Waals surface area contributed by atoms with E-state index in [4.69, 9.17) is 0 Å². The highest BCUT2D eigenvalue weighted by Crippen LogP contribution is 2.28. The molecule has 0 saturated carbocycles. The minimum absolute atomic E-state index is 0.589. The van der Waals surface area contributed by atoms with Gasteiger partial charge >= 0.3 is 0 Å². The van der Waals surface area contributed by atoms with E-state index in [1.54, 1.807) is 0 Å². The first kappa shape index (κ1) is 15.6. The second kappa shape index (κ2) is 6.53. The van der Waals surface area contributed by atoms with Crippen LogP contribution < -0.4 is 5.32 Å². The zero-order valence-corrected chi connectivity index (χ0v) is 15.2. The van der Waals surface area contributed by atoms with Crippen molar-refractivity contribution in [3.8, 4) is 0 Å². The molecular weight excluding hydrogens is 366 g/mol. The molecule has 1 aliphatic heterocycles. The normalized spacial score (nSPS) is 16.6. The molecule has 4 rings (SSSR count). The average Bonchev–Trinajstić information content (AvgIpc) is 2.97. The van der Waals surface area contributed by atoms with Gasteiger partial charge in [-0.05, 0) is 84.7 Å². The van der Waals surface area contributed by atoms with Gasteiger partial charge in [0.05, 0.1) is 11.7 Å². The van der Waals surface area contributed by atoms with Gasteiger partial charge in [-0.2, -0.15) is 0 Å². The number of nitrogens with zero attached hydrogens (tertiary/aromatic N) is 4. The first-order valence-corrected chi connectivity index (χ1v) is 9.04. The lowest BCUT2D eigenvalue weighted by Gasteiger charge is -2.29. The molecule has 5 nitrogen and oxygen atoms in total. The van der Waals surface area contributed by atoms with Gasteiger partial charge in [0.15, 0.2) is 0 Å². The molecule has 3 heterocycles. The summed E-state index contributed by atoms with van der Waals surface area (Å²) in [6.45, 7) is 2.37. The van der Waals surface area contributed by atoms with Crippen molar-refractivity contribution in [1.29, 1.82) is 0 Å². The van der Waals surface area contributed by atoms with Crippen molar-refractivity contribution < 1.29 is 0 Å². The van der Waals surface area contributed by atoms with Crippen LogP contribution >= 0.6 is 15.9 Å². The Labute approximate surface area is 149 Å². The Hall–Kier alpha value is -1.92. The fourth-order valence-corrected chi connectivity index (χ4v) is 3.65. The molecule has 0 bridgehead atoms. The minimum Gasteiger partial charge on any atom is -0.323 e. The van der Waals surface area contributed by atoms with Gasteiger partial charge in [0, 0.05) is 5.69 Å². The molecular formula is C18H20BrN5. The quantitative estimate of drug-likeness (QED) is 0.738. The molecule has 1 aliphatic rings. The first-order chi connectivity index (χ1) is 11.7. The van der Waals surface area contributed by atoms with E-state index in [9.17, 15) is 0 Å². The number of rotatable bonds is 3. The molecule has 3 aromatic rings. The fourth-order valence-electron chi connectivity index (χ4n) is 3.24. The van der Waals surface area contributed by atoms with Crippen molar-refractivity contribution in [3.05, 3.63) is 52.8 Å². The molecule has 1 saturated heterocycles. The minimum atomic E-state index is 0.589. The van der Waals surface area contributed by atoms with Crippen LogP contribution in [0.15, 0.2) is 47.2 Å². The van der Waals surface area contributed by atoms with Crippen LogP contribution in [0.1, 0.15) is 24.3 Å². The van der Waals surface area contributed by atoms with E-state index in [-0.39, 0.29) is 0 Å². The van der Waals surface area contributed by atoms with Gasteiger partial charge in [-0.3, -0.25) is 0 Å². The van der Waals surface area contributed by atoms with Crippen LogP contribution in [-0.4, -0.2) is 39.6 Å². The molecule has 0 aliphatic carbocycles. The third-order valence-electron chi connectivity index (χ3n) is 4.71. The molecule has 124 valence electrons. The van der Waals surface area contributed by atoms with Crippen molar-refractivity contribution in [2.24, 2.45) is 0 Å². The van der Waals surface area contributed by atoms with E-state index < -0.39 is 0 Å². The van der Waals surface area contributed by atoms with Crippen molar-refractivity contribution in [1.82, 2.24) is 19.5 Å². The van der Waals surface area contributed by atoms with Crippen LogP contribution in [0, 0.1) is 0 Å². The zero-order chi connectivity index (χ0) is 16.5. The van der Waals surface area contributed by atoms with E-state index in [2.05, 4.69) is 67.5 Å². The summed E-state index contributed by atoms with van der Waals surface area (Å²) in [4.78, 5) is 6.77. The summed E-state index contributed by atoms with van der Waals surface area (Å²) < 4.78 is 2.74. The van der Waals surface area contributed by atoms with Gasteiger partial charge in [0.2, 0.25) is 5.95 Å². The van der Waals surface area contributed by atoms with Gasteiger partial charge < -0.3 is 10.2 Å². The fraction of sp³-hybridized carbons (Fsp3) is 0.333. The summed E-state index contributed by atoms with van der Waals surface area (Å²) in [6.07, 6.45) is 4.29. The van der Waals surface area contributed by atoms with E-state index in [0.717, 1.165) is 15.8 Å². The molecule has 1 fully saturated rings. The summed E-state index contributed by atoms with van der Waals surface area (Å²) in [7, 11) is 2.20. The predicted molar refractivity (Wildman–Crippen MR) is 99.9 cm³/mol. The lowest BCUT2D eigenvalue weighted by atomic mass is 9.89. The summed E-state index contributed by atoms with van der Waals surface area (Å²) in [6, 6.07) is 12.6. The molecule has 0 atom stereocenters. The molecule has 0 amide bonds. The molecule has 0 spiro atoms. The molecule has 1 aromatic carbocycles. The van der Waals surface area contributed by atoms with Crippen LogP contribution in [0.3, 0.4) is 0 Å². The summed E-state index contributed by atoms with van der Waals surface area (Å²) in [5.74, 6) is 1.27. The predicted octanol–water partition coefficient (Wildman–Crippen LogP) is 4.04. The number of piperidine rings is 1. The third-order valence-corrected chi connectivity index (χ3v) is 5.31. The maximum atomic E-state index is 4.49. The molecule has 6 heteroatoms. The number of aromatic nitrogens is 3. The van der Waals surface area contributed by atoms with E-state index in [1.165, 1.54) is 31.5 Å². The number of halogens is 1. The highest BCUT2D eigenvalue weighted by molar-refractivity contribution is 9.10. The Balaban J connectivity index is 1.49. The molecule has 24 heavy (non-hydrogen) atoms. The number of benzene rings is 1. The van der Waals surface area contributed by atoms with Crippen molar-refractivity contribution in [3.63, 3.8) is 0 Å². The average molecular weight is 386 g/mol. The van der Waals surface area contributed by atoms with Gasteiger partial charge in [-0.1, -0.05) is 12.1 Å². The number of likely N-dealkylation sites (tertiary alicyclic amines) is 1. The van der Waals surface area contributed by atoms with E-state index >= 15 is 0 Å². The van der Waals surface area contributed by atoms with Crippen molar-refractivity contribution in [2.45, 2.75) is 18.8 Å². The summed E-state index contributed by atoms with van der Waals surface area (Å²) in [5.41, 5.74) is 3.40. The number of fused-ring (bicyclic) bond motifs is 1. The Morgan fingerprint density at radius 1 is 1.08 bits per heavy atom. The highest BCUT2D eigenvalue weighted by atomic mass is 79.9. The van der Waals surface area contributed by atoms with Crippen LogP contribution in [0.5, 0.6) is 0 Å². The van der Waals surface area contributed by atoms with Gasteiger partial charge in [-0.15, -0.1) is 5.10 Å². The Morgan fingerprint density at radius 3 is 2.58 bits per heavy atom. The monoisotopic (exact) mass is 385 g/mol. The van der Waals surface area contributed by atoms with E-state index in [1.807, 2.05) is 22.8 Å². The second-order valence-electron chi connectivity index (χ2n) is 6.40. The summed E-state index contributed by atoms with van der Waals surface area (Å²) in [5, 5.41) is 7.77. The lowest BCUT2D eigenvalue weighted by molar-refractivity contribution is 0.255. The summed E-state index contributed by atoms with van der Waals surface area (Å²) >= 11 is 3.49. The SMILES string of the molecule is CN1CCC(c2ccc(Nc3ncc4ccc(Br)n4n3)cc2)CC1. The largest absolute Gasteiger partial charge is 0.323 e. The third kappa shape index (κ3) is 3.16. The van der Waals surface area contributed by atoms with Gasteiger partial charge in [0.25, 0.3) is 0 Å². The smallest absolute Gasteiger partial charge is 0.245 e. The highest BCUT2D eigenvalue weighted by Gasteiger charge is 2.18. The maximum Gasteiger partial charge on any atom is 0.245 e. The number of hydrogen-bond donors (Lipinski definition) is 1. The topological polar surface area (TPSA) is 45.5 Å². The number of nitrogens with one attached hydrogen (secondary N) is 1. The van der Waals surface area contributed by atoms with Crippen molar-refractivity contribution >= 4 is 33.1 Å². The van der Waals surface area contributed by atoms with E-state index in [0.29, 0.717) is 11.9 Å². The standard InChI is InChI=1S/C18H20BrN5/c1-23-10-8-14(9-11-23)13-2-4-15(5-3-13)21-18-20-12-16-6-7-17(19)24(16)22-18/h2-7,12,14H,8-11H2,1H3,(H,21,22). The van der Waals surface area contributed by atoms with Gasteiger partial charge in [-0.25, -0.2) is 9.50 Å². The second-order valence-corrected chi connectivity index (χ2v) is 7.21. The number of anilines is 2. The first-order valence-electron chi connectivity index (χ1n) is 8.25. The van der Waals surface area contributed by atoms with Gasteiger partial charge in [0.1, 0.15) is 4.60 Å². The van der Waals surface area contributed by atoms with Crippen LogP contribution in [0.25, 0.3) is 5.52 Å². The Kier molecular flexibility index (Phi) is 4.24. The zero-order valence-electron chi connectivity index (χ0n) is 13.6. The maximum absolute atomic E-state index is 4.49. The Bertz CT molecular complexity index is 834. The Morgan fingerprint density at radius 2 is 1.83 bits per heavy atom.